The minimum Gasteiger partial charge on any atom is -0.508 e. The van der Waals surface area contributed by atoms with Gasteiger partial charge in [-0.1, -0.05) is 0 Å². The Morgan fingerprint density at radius 1 is 1.31 bits per heavy atom. The summed E-state index contributed by atoms with van der Waals surface area (Å²) in [6, 6.07) is 5.03. The Balaban J connectivity index is 2.65. The number of hydrogen-bond acceptors (Lipinski definition) is 4. The van der Waals surface area contributed by atoms with Gasteiger partial charge in [0.25, 0.3) is 5.91 Å². The van der Waals surface area contributed by atoms with Gasteiger partial charge in [0.05, 0.1) is 7.11 Å². The van der Waals surface area contributed by atoms with Gasteiger partial charge in [0.1, 0.15) is 11.8 Å². The summed E-state index contributed by atoms with van der Waals surface area (Å²) in [6.45, 7) is 1.53. The highest BCUT2D eigenvalue weighted by molar-refractivity contribution is 5.96. The predicted octanol–water partition coefficient (Wildman–Crippen LogP) is 0.683. The van der Waals surface area contributed by atoms with Crippen molar-refractivity contribution in [3.05, 3.63) is 29.8 Å². The number of methoxy groups -OCH3 is 1. The normalized spacial score (nSPS) is 11.6. The summed E-state index contributed by atoms with van der Waals surface area (Å²) in [5, 5.41) is 11.5. The monoisotopic (exact) mass is 223 g/mol. The van der Waals surface area contributed by atoms with Crippen LogP contribution in [0.5, 0.6) is 5.75 Å². The van der Waals surface area contributed by atoms with Gasteiger partial charge in [0.15, 0.2) is 0 Å². The lowest BCUT2D eigenvalue weighted by Crippen LogP contribution is -2.39. The van der Waals surface area contributed by atoms with E-state index in [2.05, 4.69) is 10.1 Å². The molecule has 0 heterocycles. The summed E-state index contributed by atoms with van der Waals surface area (Å²) >= 11 is 0. The zero-order valence-electron chi connectivity index (χ0n) is 9.06. The van der Waals surface area contributed by atoms with Crippen LogP contribution < -0.4 is 5.32 Å². The summed E-state index contributed by atoms with van der Waals surface area (Å²) in [7, 11) is 1.26. The molecule has 0 aliphatic heterocycles. The molecule has 0 bridgehead atoms. The molecule has 0 aliphatic rings. The van der Waals surface area contributed by atoms with Crippen molar-refractivity contribution in [2.24, 2.45) is 0 Å². The summed E-state index contributed by atoms with van der Waals surface area (Å²) in [5.74, 6) is -0.817. The van der Waals surface area contributed by atoms with Crippen molar-refractivity contribution in [3.8, 4) is 5.75 Å². The number of carbonyl (C=O) groups excluding carboxylic acids is 2. The van der Waals surface area contributed by atoms with E-state index in [1.54, 1.807) is 0 Å². The highest BCUT2D eigenvalue weighted by Crippen LogP contribution is 2.09. The third kappa shape index (κ3) is 2.98. The summed E-state index contributed by atoms with van der Waals surface area (Å²) < 4.78 is 4.47. The molecule has 5 nitrogen and oxygen atoms in total. The van der Waals surface area contributed by atoms with E-state index in [-0.39, 0.29) is 5.75 Å². The Hall–Kier alpha value is -2.04. The van der Waals surface area contributed by atoms with Crippen LogP contribution in [0.15, 0.2) is 24.3 Å². The number of carbonyl (C=O) groups is 2. The Kier molecular flexibility index (Phi) is 3.88. The maximum absolute atomic E-state index is 11.6. The number of esters is 1. The molecule has 5 heteroatoms. The van der Waals surface area contributed by atoms with Gasteiger partial charge in [0.2, 0.25) is 0 Å². The molecule has 0 fully saturated rings. The fraction of sp³-hybridized carbons (Fsp3) is 0.273. The Morgan fingerprint density at radius 2 is 1.88 bits per heavy atom. The number of hydrogen-bond donors (Lipinski definition) is 2. The molecule has 0 radical (unpaired) electrons. The summed E-state index contributed by atoms with van der Waals surface area (Å²) in [4.78, 5) is 22.6. The van der Waals surface area contributed by atoms with Crippen LogP contribution in [0.25, 0.3) is 0 Å². The molecule has 16 heavy (non-hydrogen) atoms. The molecule has 86 valence electrons. The topological polar surface area (TPSA) is 75.6 Å². The summed E-state index contributed by atoms with van der Waals surface area (Å²) in [6.07, 6.45) is 0. The molecule has 0 saturated carbocycles. The number of amides is 1. The quantitative estimate of drug-likeness (QED) is 0.739. The van der Waals surface area contributed by atoms with Crippen molar-refractivity contribution in [2.75, 3.05) is 7.11 Å². The van der Waals surface area contributed by atoms with Crippen LogP contribution in [0, 0.1) is 0 Å². The van der Waals surface area contributed by atoms with Crippen molar-refractivity contribution in [1.82, 2.24) is 5.32 Å². The minimum absolute atomic E-state index is 0.0811. The molecule has 0 saturated heterocycles. The Labute approximate surface area is 93.0 Å². The van der Waals surface area contributed by atoms with Crippen LogP contribution in [-0.4, -0.2) is 30.1 Å². The molecule has 1 aromatic rings. The smallest absolute Gasteiger partial charge is 0.328 e. The average molecular weight is 223 g/mol. The molecule has 0 aromatic heterocycles. The summed E-state index contributed by atoms with van der Waals surface area (Å²) in [5.41, 5.74) is 0.369. The maximum Gasteiger partial charge on any atom is 0.328 e. The van der Waals surface area contributed by atoms with Crippen LogP contribution in [0.4, 0.5) is 0 Å². The Morgan fingerprint density at radius 3 is 2.38 bits per heavy atom. The third-order valence-corrected chi connectivity index (χ3v) is 2.03. The molecule has 0 aliphatic carbocycles. The molecular formula is C11H13NO4. The van der Waals surface area contributed by atoms with E-state index in [4.69, 9.17) is 5.11 Å². The van der Waals surface area contributed by atoms with E-state index in [9.17, 15) is 9.59 Å². The number of rotatable bonds is 3. The second kappa shape index (κ2) is 5.16. The third-order valence-electron chi connectivity index (χ3n) is 2.03. The standard InChI is InChI=1S/C11H13NO4/c1-7(11(15)16-2)12-10(14)8-3-5-9(13)6-4-8/h3-7,13H,1-2H3,(H,12,14)/t7-/m1/s1. The first-order chi connectivity index (χ1) is 7.54. The van der Waals surface area contributed by atoms with Gasteiger partial charge < -0.3 is 15.2 Å². The molecule has 1 aromatic carbocycles. The van der Waals surface area contributed by atoms with Gasteiger partial charge in [-0.15, -0.1) is 0 Å². The van der Waals surface area contributed by atoms with Gasteiger partial charge in [-0.05, 0) is 31.2 Å². The molecule has 1 amide bonds. The zero-order valence-corrected chi connectivity index (χ0v) is 9.06. The number of phenolic OH excluding ortho intramolecular Hbond substituents is 1. The maximum atomic E-state index is 11.6. The molecule has 0 unspecified atom stereocenters. The lowest BCUT2D eigenvalue weighted by Gasteiger charge is -2.11. The van der Waals surface area contributed by atoms with E-state index in [1.165, 1.54) is 38.3 Å². The van der Waals surface area contributed by atoms with Crippen LogP contribution >= 0.6 is 0 Å². The molecule has 1 atom stereocenters. The van der Waals surface area contributed by atoms with Gasteiger partial charge in [0, 0.05) is 5.56 Å². The fourth-order valence-electron chi connectivity index (χ4n) is 1.13. The van der Waals surface area contributed by atoms with E-state index >= 15 is 0 Å². The van der Waals surface area contributed by atoms with Crippen molar-refractivity contribution in [3.63, 3.8) is 0 Å². The number of benzene rings is 1. The first kappa shape index (κ1) is 12.0. The SMILES string of the molecule is COC(=O)[C@@H](C)NC(=O)c1ccc(O)cc1. The molecule has 2 N–H and O–H groups in total. The van der Waals surface area contributed by atoms with Gasteiger partial charge in [-0.2, -0.15) is 0 Å². The molecule has 1 rings (SSSR count). The second-order valence-electron chi connectivity index (χ2n) is 3.27. The van der Waals surface area contributed by atoms with E-state index in [0.717, 1.165) is 0 Å². The molecular weight excluding hydrogens is 210 g/mol. The van der Waals surface area contributed by atoms with Crippen LogP contribution in [0.1, 0.15) is 17.3 Å². The minimum atomic E-state index is -0.702. The predicted molar refractivity (Wildman–Crippen MR) is 57.1 cm³/mol. The molecule has 0 spiro atoms. The average Bonchev–Trinajstić information content (AvgIpc) is 2.28. The van der Waals surface area contributed by atoms with Crippen molar-refractivity contribution < 1.29 is 19.4 Å². The lowest BCUT2D eigenvalue weighted by molar-refractivity contribution is -0.142. The first-order valence-electron chi connectivity index (χ1n) is 4.72. The van der Waals surface area contributed by atoms with Crippen LogP contribution in [0.3, 0.4) is 0 Å². The lowest BCUT2D eigenvalue weighted by atomic mass is 10.2. The fourth-order valence-corrected chi connectivity index (χ4v) is 1.13. The van der Waals surface area contributed by atoms with Crippen LogP contribution in [0.2, 0.25) is 0 Å². The zero-order chi connectivity index (χ0) is 12.1. The second-order valence-corrected chi connectivity index (χ2v) is 3.27. The van der Waals surface area contributed by atoms with E-state index in [0.29, 0.717) is 5.56 Å². The van der Waals surface area contributed by atoms with E-state index < -0.39 is 17.9 Å². The van der Waals surface area contributed by atoms with Crippen molar-refractivity contribution in [2.45, 2.75) is 13.0 Å². The van der Waals surface area contributed by atoms with E-state index in [1.807, 2.05) is 0 Å². The van der Waals surface area contributed by atoms with Crippen LogP contribution in [-0.2, 0) is 9.53 Å². The first-order valence-corrected chi connectivity index (χ1v) is 4.72. The highest BCUT2D eigenvalue weighted by Gasteiger charge is 2.16. The number of nitrogens with one attached hydrogen (secondary N) is 1. The number of ether oxygens (including phenoxy) is 1. The van der Waals surface area contributed by atoms with Crippen molar-refractivity contribution >= 4 is 11.9 Å². The van der Waals surface area contributed by atoms with Gasteiger partial charge >= 0.3 is 5.97 Å². The largest absolute Gasteiger partial charge is 0.508 e. The Bertz CT molecular complexity index is 385. The van der Waals surface area contributed by atoms with Crippen molar-refractivity contribution in [1.29, 1.82) is 0 Å². The number of aromatic hydroxyl groups is 1. The number of phenols is 1. The van der Waals surface area contributed by atoms with Gasteiger partial charge in [-0.25, -0.2) is 4.79 Å². The highest BCUT2D eigenvalue weighted by atomic mass is 16.5. The van der Waals surface area contributed by atoms with Gasteiger partial charge in [-0.3, -0.25) is 4.79 Å².